The average Bonchev–Trinajstić information content (AvgIpc) is 2.93. The first kappa shape index (κ1) is 24.9. The molecule has 7 nitrogen and oxygen atoms in total. The van der Waals surface area contributed by atoms with Gasteiger partial charge in [-0.3, -0.25) is 4.79 Å². The smallest absolute Gasteiger partial charge is 0.343 e. The van der Waals surface area contributed by atoms with Crippen LogP contribution in [0.1, 0.15) is 21.5 Å². The molecule has 0 aliphatic rings. The van der Waals surface area contributed by atoms with Crippen molar-refractivity contribution in [3.05, 3.63) is 123 Å². The van der Waals surface area contributed by atoms with Gasteiger partial charge >= 0.3 is 5.97 Å². The number of hydrogen-bond acceptors (Lipinski definition) is 6. The van der Waals surface area contributed by atoms with Crippen LogP contribution in [0.5, 0.6) is 11.5 Å². The molecule has 0 radical (unpaired) electrons. The van der Waals surface area contributed by atoms with Gasteiger partial charge in [0, 0.05) is 10.6 Å². The average molecular weight is 524 g/mol. The number of benzene rings is 4. The molecule has 4 aromatic carbocycles. The highest BCUT2D eigenvalue weighted by Gasteiger charge is 2.14. The molecule has 0 unspecified atom stereocenters. The molecular weight excluding hydrogens is 502 g/mol. The van der Waals surface area contributed by atoms with Crippen LogP contribution >= 0.6 is 11.6 Å². The van der Waals surface area contributed by atoms with Crippen LogP contribution < -0.4 is 15.0 Å². The summed E-state index contributed by atoms with van der Waals surface area (Å²) in [7, 11) is 1.48. The highest BCUT2D eigenvalue weighted by atomic mass is 35.5. The molecule has 0 aliphatic heterocycles. The summed E-state index contributed by atoms with van der Waals surface area (Å²) in [4.78, 5) is 30.7. The third-order valence-corrected chi connectivity index (χ3v) is 6.07. The van der Waals surface area contributed by atoms with Gasteiger partial charge in [-0.25, -0.2) is 9.78 Å². The van der Waals surface area contributed by atoms with Gasteiger partial charge in [0.25, 0.3) is 5.56 Å². The Hall–Kier alpha value is -4.75. The largest absolute Gasteiger partial charge is 0.493 e. The van der Waals surface area contributed by atoms with E-state index in [4.69, 9.17) is 26.1 Å². The summed E-state index contributed by atoms with van der Waals surface area (Å²) in [5, 5.41) is 5.48. The van der Waals surface area contributed by atoms with E-state index in [1.807, 2.05) is 37.3 Å². The minimum atomic E-state index is -0.544. The van der Waals surface area contributed by atoms with Gasteiger partial charge in [-0.2, -0.15) is 9.78 Å². The zero-order valence-corrected chi connectivity index (χ0v) is 21.3. The molecule has 1 aromatic heterocycles. The maximum absolute atomic E-state index is 13.4. The SMILES string of the molecule is COc1cc(C=Nn2c(-c3cccc(C)c3)nc3ccccc3c2=O)ccc1OC(=O)c1ccc(Cl)cc1. The zero-order chi connectivity index (χ0) is 26.6. The van der Waals surface area contributed by atoms with Gasteiger partial charge in [-0.05, 0) is 73.2 Å². The zero-order valence-electron chi connectivity index (χ0n) is 20.6. The van der Waals surface area contributed by atoms with Crippen LogP contribution in [0.2, 0.25) is 5.02 Å². The molecule has 0 fully saturated rings. The fourth-order valence-electron chi connectivity index (χ4n) is 3.92. The lowest BCUT2D eigenvalue weighted by Crippen LogP contribution is -2.20. The molecule has 8 heteroatoms. The Balaban J connectivity index is 1.51. The van der Waals surface area contributed by atoms with E-state index in [0.717, 1.165) is 11.1 Å². The molecule has 0 atom stereocenters. The number of ether oxygens (including phenoxy) is 2. The molecule has 0 aliphatic carbocycles. The van der Waals surface area contributed by atoms with Crippen LogP contribution in [0.3, 0.4) is 0 Å². The lowest BCUT2D eigenvalue weighted by molar-refractivity contribution is 0.0729. The predicted molar refractivity (Wildman–Crippen MR) is 149 cm³/mol. The fourth-order valence-corrected chi connectivity index (χ4v) is 4.05. The summed E-state index contributed by atoms with van der Waals surface area (Å²) in [5.41, 5.74) is 3.09. The van der Waals surface area contributed by atoms with Crippen LogP contribution in [0, 0.1) is 6.92 Å². The lowest BCUT2D eigenvalue weighted by Gasteiger charge is -2.11. The number of methoxy groups -OCH3 is 1. The molecule has 5 aromatic rings. The molecule has 0 bridgehead atoms. The van der Waals surface area contributed by atoms with Gasteiger partial charge in [0.15, 0.2) is 17.3 Å². The first-order chi connectivity index (χ1) is 18.4. The van der Waals surface area contributed by atoms with Crippen molar-refractivity contribution in [2.24, 2.45) is 5.10 Å². The van der Waals surface area contributed by atoms with Crippen molar-refractivity contribution < 1.29 is 14.3 Å². The quantitative estimate of drug-likeness (QED) is 0.152. The van der Waals surface area contributed by atoms with Crippen molar-refractivity contribution in [3.63, 3.8) is 0 Å². The molecule has 5 rings (SSSR count). The van der Waals surface area contributed by atoms with Crippen molar-refractivity contribution in [1.29, 1.82) is 0 Å². The number of hydrogen-bond donors (Lipinski definition) is 0. The van der Waals surface area contributed by atoms with Gasteiger partial charge in [-0.1, -0.05) is 47.5 Å². The number of aromatic nitrogens is 2. The van der Waals surface area contributed by atoms with E-state index in [2.05, 4.69) is 5.10 Å². The van der Waals surface area contributed by atoms with Crippen molar-refractivity contribution in [1.82, 2.24) is 9.66 Å². The van der Waals surface area contributed by atoms with Crippen LogP contribution in [0.15, 0.2) is 101 Å². The van der Waals surface area contributed by atoms with Gasteiger partial charge in [-0.15, -0.1) is 0 Å². The third-order valence-electron chi connectivity index (χ3n) is 5.82. The minimum absolute atomic E-state index is 0.245. The Morgan fingerprint density at radius 2 is 1.74 bits per heavy atom. The number of fused-ring (bicyclic) bond motifs is 1. The second kappa shape index (κ2) is 10.7. The van der Waals surface area contributed by atoms with E-state index >= 15 is 0 Å². The normalized spacial score (nSPS) is 11.1. The molecule has 0 amide bonds. The summed E-state index contributed by atoms with van der Waals surface area (Å²) >= 11 is 5.90. The molecular formula is C30H22ClN3O4. The van der Waals surface area contributed by atoms with E-state index in [1.165, 1.54) is 18.0 Å². The number of nitrogens with zero attached hydrogens (tertiary/aromatic N) is 3. The number of carbonyl (C=O) groups excluding carboxylic acids is 1. The first-order valence-electron chi connectivity index (χ1n) is 11.7. The number of esters is 1. The maximum Gasteiger partial charge on any atom is 0.343 e. The van der Waals surface area contributed by atoms with Gasteiger partial charge in [0.2, 0.25) is 0 Å². The van der Waals surface area contributed by atoms with Crippen molar-refractivity contribution in [2.45, 2.75) is 6.92 Å². The Bertz CT molecular complexity index is 1740. The molecule has 0 spiro atoms. The topological polar surface area (TPSA) is 82.8 Å². The molecule has 0 saturated heterocycles. The molecule has 0 saturated carbocycles. The fraction of sp³-hybridized carbons (Fsp3) is 0.0667. The van der Waals surface area contributed by atoms with Crippen LogP contribution in [-0.4, -0.2) is 29.0 Å². The Kier molecular flexibility index (Phi) is 7.02. The number of aryl methyl sites for hydroxylation is 1. The van der Waals surface area contributed by atoms with E-state index in [-0.39, 0.29) is 11.3 Å². The van der Waals surface area contributed by atoms with Crippen molar-refractivity contribution >= 4 is 34.7 Å². The second-order valence-electron chi connectivity index (χ2n) is 8.49. The van der Waals surface area contributed by atoms with E-state index in [9.17, 15) is 9.59 Å². The number of halogens is 1. The summed E-state index contributed by atoms with van der Waals surface area (Å²) in [5.74, 6) is 0.459. The minimum Gasteiger partial charge on any atom is -0.493 e. The van der Waals surface area contributed by atoms with Gasteiger partial charge < -0.3 is 9.47 Å². The highest BCUT2D eigenvalue weighted by molar-refractivity contribution is 6.30. The monoisotopic (exact) mass is 523 g/mol. The molecule has 38 heavy (non-hydrogen) atoms. The lowest BCUT2D eigenvalue weighted by atomic mass is 10.1. The van der Waals surface area contributed by atoms with Crippen LogP contribution in [0.4, 0.5) is 0 Å². The summed E-state index contributed by atoms with van der Waals surface area (Å²) in [6.07, 6.45) is 1.53. The Morgan fingerprint density at radius 1 is 0.947 bits per heavy atom. The van der Waals surface area contributed by atoms with E-state index in [0.29, 0.717) is 38.6 Å². The van der Waals surface area contributed by atoms with Gasteiger partial charge in [0.1, 0.15) is 0 Å². The standard InChI is InChI=1S/C30H22ClN3O4/c1-19-6-5-7-22(16-19)28-33-25-9-4-3-8-24(25)29(35)34(28)32-18-20-10-15-26(27(17-20)37-2)38-30(36)21-11-13-23(31)14-12-21/h3-18H,1-2H3. The Labute approximate surface area is 223 Å². The van der Waals surface area contributed by atoms with Crippen LogP contribution in [0.25, 0.3) is 22.3 Å². The predicted octanol–water partition coefficient (Wildman–Crippen LogP) is 6.14. The number of para-hydroxylation sites is 1. The summed E-state index contributed by atoms with van der Waals surface area (Å²) < 4.78 is 12.2. The van der Waals surface area contributed by atoms with Crippen molar-refractivity contribution in [3.8, 4) is 22.9 Å². The first-order valence-corrected chi connectivity index (χ1v) is 12.1. The Morgan fingerprint density at radius 3 is 2.50 bits per heavy atom. The van der Waals surface area contributed by atoms with Crippen molar-refractivity contribution in [2.75, 3.05) is 7.11 Å². The van der Waals surface area contributed by atoms with E-state index in [1.54, 1.807) is 60.7 Å². The molecule has 188 valence electrons. The number of carbonyl (C=O) groups is 1. The van der Waals surface area contributed by atoms with Crippen LogP contribution in [-0.2, 0) is 0 Å². The third kappa shape index (κ3) is 5.19. The molecule has 1 heterocycles. The van der Waals surface area contributed by atoms with Gasteiger partial charge in [0.05, 0.1) is 29.8 Å². The summed E-state index contributed by atoms with van der Waals surface area (Å²) in [6.45, 7) is 1.98. The van der Waals surface area contributed by atoms with E-state index < -0.39 is 5.97 Å². The summed E-state index contributed by atoms with van der Waals surface area (Å²) in [6, 6.07) is 26.3. The second-order valence-corrected chi connectivity index (χ2v) is 8.93. The highest BCUT2D eigenvalue weighted by Crippen LogP contribution is 2.29. The maximum atomic E-state index is 13.4. The molecule has 0 N–H and O–H groups in total. The number of rotatable bonds is 6.